The van der Waals surface area contributed by atoms with Gasteiger partial charge in [-0.3, -0.25) is 0 Å². The Morgan fingerprint density at radius 1 is 1.21 bits per heavy atom. The minimum absolute atomic E-state index is 0.0404. The molecule has 0 radical (unpaired) electrons. The van der Waals surface area contributed by atoms with Crippen molar-refractivity contribution in [1.82, 2.24) is 5.32 Å². The van der Waals surface area contributed by atoms with Gasteiger partial charge < -0.3 is 25.6 Å². The van der Waals surface area contributed by atoms with Crippen molar-refractivity contribution in [3.8, 4) is 11.5 Å². The summed E-state index contributed by atoms with van der Waals surface area (Å²) in [5.41, 5.74) is 4.87. The summed E-state index contributed by atoms with van der Waals surface area (Å²) in [6.07, 6.45) is -5.18. The molecule has 1 heterocycles. The van der Waals surface area contributed by atoms with Crippen LogP contribution in [0.25, 0.3) is 0 Å². The number of aliphatic hydroxyl groups is 1. The van der Waals surface area contributed by atoms with Gasteiger partial charge in [0.15, 0.2) is 11.5 Å². The maximum atomic E-state index is 13.1. The van der Waals surface area contributed by atoms with Gasteiger partial charge in [0.05, 0.1) is 22.4 Å². The minimum Gasteiger partial charge on any atom is -0.454 e. The second-order valence-corrected chi connectivity index (χ2v) is 7.09. The molecule has 1 aliphatic heterocycles. The number of anilines is 1. The van der Waals surface area contributed by atoms with E-state index in [4.69, 9.17) is 26.8 Å². The number of hydrogen-bond acceptors (Lipinski definition) is 5. The fraction of sp³-hybridized carbons (Fsp3) is 0.368. The van der Waals surface area contributed by atoms with Crippen LogP contribution < -0.4 is 20.5 Å². The number of nitrogens with two attached hydrogens (primary N) is 1. The number of rotatable bonds is 6. The van der Waals surface area contributed by atoms with Crippen LogP contribution in [0.2, 0.25) is 5.02 Å². The normalized spacial score (nSPS) is 15.5. The molecule has 0 spiro atoms. The van der Waals surface area contributed by atoms with Crippen LogP contribution in [0.3, 0.4) is 0 Å². The van der Waals surface area contributed by atoms with E-state index in [1.807, 2.05) is 25.1 Å². The van der Waals surface area contributed by atoms with Crippen LogP contribution in [-0.2, 0) is 12.6 Å². The van der Waals surface area contributed by atoms with Crippen LogP contribution in [0.5, 0.6) is 11.5 Å². The maximum Gasteiger partial charge on any atom is 0.418 e. The summed E-state index contributed by atoms with van der Waals surface area (Å²) in [6, 6.07) is 7.66. The maximum absolute atomic E-state index is 13.1. The second-order valence-electron chi connectivity index (χ2n) is 6.68. The number of hydrogen-bond donors (Lipinski definition) is 3. The number of halogens is 4. The zero-order valence-electron chi connectivity index (χ0n) is 15.0. The first-order valence-electron chi connectivity index (χ1n) is 8.61. The lowest BCUT2D eigenvalue weighted by Crippen LogP contribution is -2.32. The lowest BCUT2D eigenvalue weighted by Gasteiger charge is -2.20. The summed E-state index contributed by atoms with van der Waals surface area (Å²) in [7, 11) is 0. The van der Waals surface area contributed by atoms with E-state index in [0.29, 0.717) is 17.9 Å². The zero-order chi connectivity index (χ0) is 20.5. The molecule has 4 N–H and O–H groups in total. The average Bonchev–Trinajstić information content (AvgIpc) is 3.08. The summed E-state index contributed by atoms with van der Waals surface area (Å²) < 4.78 is 49.8. The highest BCUT2D eigenvalue weighted by atomic mass is 35.5. The Morgan fingerprint density at radius 3 is 2.64 bits per heavy atom. The van der Waals surface area contributed by atoms with Crippen molar-refractivity contribution >= 4 is 17.3 Å². The van der Waals surface area contributed by atoms with E-state index in [-0.39, 0.29) is 30.0 Å². The minimum atomic E-state index is -4.65. The molecule has 2 aromatic rings. The molecule has 9 heteroatoms. The van der Waals surface area contributed by atoms with Crippen molar-refractivity contribution in [3.63, 3.8) is 0 Å². The van der Waals surface area contributed by atoms with E-state index in [0.717, 1.165) is 11.6 Å². The van der Waals surface area contributed by atoms with E-state index in [9.17, 15) is 18.3 Å². The third-order valence-corrected chi connectivity index (χ3v) is 4.79. The number of benzene rings is 2. The number of fused-ring (bicyclic) bond motifs is 1. The molecule has 2 aromatic carbocycles. The summed E-state index contributed by atoms with van der Waals surface area (Å²) >= 11 is 5.81. The lowest BCUT2D eigenvalue weighted by molar-refractivity contribution is -0.137. The first kappa shape index (κ1) is 20.6. The van der Waals surface area contributed by atoms with E-state index in [1.165, 1.54) is 6.07 Å². The quantitative estimate of drug-likeness (QED) is 0.622. The second kappa shape index (κ2) is 8.06. The monoisotopic (exact) mass is 416 g/mol. The zero-order valence-corrected chi connectivity index (χ0v) is 15.8. The highest BCUT2D eigenvalue weighted by molar-refractivity contribution is 6.33. The summed E-state index contributed by atoms with van der Waals surface area (Å²) in [6.45, 7) is 2.17. The predicted molar refractivity (Wildman–Crippen MR) is 99.6 cm³/mol. The lowest BCUT2D eigenvalue weighted by atomic mass is 10.0. The standard InChI is InChI=1S/C19H20ClF3N2O3/c1-10(4-11-2-3-16-17(5-11)28-9-27-16)25-8-15(26)12-6-13(19(21,22)23)18(24)14(20)7-12/h2-3,5-7,10,15,25-26H,4,8-9,24H2,1H3. The van der Waals surface area contributed by atoms with E-state index < -0.39 is 23.5 Å². The Hall–Kier alpha value is -2.16. The molecular weight excluding hydrogens is 397 g/mol. The molecule has 3 rings (SSSR count). The van der Waals surface area contributed by atoms with Gasteiger partial charge >= 0.3 is 6.18 Å². The number of nitrogens with one attached hydrogen (secondary N) is 1. The predicted octanol–water partition coefficient (Wildman–Crippen LogP) is 3.92. The summed E-state index contributed by atoms with van der Waals surface area (Å²) in [5, 5.41) is 13.2. The molecule has 0 fully saturated rings. The van der Waals surface area contributed by atoms with Crippen LogP contribution in [0.4, 0.5) is 18.9 Å². The number of ether oxygens (including phenoxy) is 2. The van der Waals surface area contributed by atoms with Gasteiger partial charge in [0, 0.05) is 12.6 Å². The van der Waals surface area contributed by atoms with Crippen LogP contribution in [0.15, 0.2) is 30.3 Å². The molecule has 1 aliphatic rings. The Morgan fingerprint density at radius 2 is 1.93 bits per heavy atom. The molecule has 0 amide bonds. The van der Waals surface area contributed by atoms with Gasteiger partial charge in [-0.15, -0.1) is 0 Å². The molecule has 2 unspecified atom stereocenters. The Balaban J connectivity index is 1.62. The fourth-order valence-corrected chi connectivity index (χ4v) is 3.22. The van der Waals surface area contributed by atoms with Crippen molar-refractivity contribution in [2.75, 3.05) is 19.1 Å². The van der Waals surface area contributed by atoms with Gasteiger partial charge in [-0.05, 0) is 48.7 Å². The number of nitrogen functional groups attached to an aromatic ring is 1. The highest BCUT2D eigenvalue weighted by Gasteiger charge is 2.34. The molecule has 0 saturated heterocycles. The van der Waals surface area contributed by atoms with Crippen molar-refractivity contribution in [3.05, 3.63) is 52.0 Å². The Kier molecular flexibility index (Phi) is 5.92. The van der Waals surface area contributed by atoms with Crippen molar-refractivity contribution in [2.45, 2.75) is 31.7 Å². The van der Waals surface area contributed by atoms with Gasteiger partial charge in [-0.1, -0.05) is 17.7 Å². The first-order valence-corrected chi connectivity index (χ1v) is 8.99. The fourth-order valence-electron chi connectivity index (χ4n) is 2.99. The van der Waals surface area contributed by atoms with Crippen LogP contribution in [0, 0.1) is 0 Å². The molecule has 28 heavy (non-hydrogen) atoms. The summed E-state index contributed by atoms with van der Waals surface area (Å²) in [5.74, 6) is 1.38. The number of aliphatic hydroxyl groups excluding tert-OH is 1. The van der Waals surface area contributed by atoms with Gasteiger partial charge in [0.25, 0.3) is 0 Å². The van der Waals surface area contributed by atoms with Gasteiger partial charge in [-0.25, -0.2) is 0 Å². The third-order valence-electron chi connectivity index (χ3n) is 4.48. The molecule has 0 saturated carbocycles. The molecule has 0 aliphatic carbocycles. The van der Waals surface area contributed by atoms with E-state index in [2.05, 4.69) is 5.32 Å². The van der Waals surface area contributed by atoms with Gasteiger partial charge in [-0.2, -0.15) is 13.2 Å². The largest absolute Gasteiger partial charge is 0.454 e. The number of alkyl halides is 3. The molecule has 0 bridgehead atoms. The van der Waals surface area contributed by atoms with Crippen LogP contribution in [0.1, 0.15) is 29.7 Å². The highest BCUT2D eigenvalue weighted by Crippen LogP contribution is 2.39. The molecule has 2 atom stereocenters. The van der Waals surface area contributed by atoms with Crippen LogP contribution in [-0.4, -0.2) is 24.5 Å². The molecule has 0 aromatic heterocycles. The first-order chi connectivity index (χ1) is 13.1. The third kappa shape index (κ3) is 4.63. The van der Waals surface area contributed by atoms with Crippen LogP contribution >= 0.6 is 11.6 Å². The smallest absolute Gasteiger partial charge is 0.418 e. The van der Waals surface area contributed by atoms with Gasteiger partial charge in [0.1, 0.15) is 0 Å². The molecular formula is C19H20ClF3N2O3. The Bertz CT molecular complexity index is 861. The van der Waals surface area contributed by atoms with E-state index >= 15 is 0 Å². The average molecular weight is 417 g/mol. The topological polar surface area (TPSA) is 76.7 Å². The van der Waals surface area contributed by atoms with Gasteiger partial charge in [0.2, 0.25) is 6.79 Å². The van der Waals surface area contributed by atoms with Crippen molar-refractivity contribution in [1.29, 1.82) is 0 Å². The Labute approximate surface area is 165 Å². The SMILES string of the molecule is CC(Cc1ccc2c(c1)OCO2)NCC(O)c1cc(Cl)c(N)c(C(F)(F)F)c1. The van der Waals surface area contributed by atoms with Crippen molar-refractivity contribution in [2.24, 2.45) is 0 Å². The molecule has 5 nitrogen and oxygen atoms in total. The molecule has 152 valence electrons. The van der Waals surface area contributed by atoms with E-state index in [1.54, 1.807) is 0 Å². The summed E-state index contributed by atoms with van der Waals surface area (Å²) in [4.78, 5) is 0. The van der Waals surface area contributed by atoms with Crippen molar-refractivity contribution < 1.29 is 27.8 Å².